The minimum absolute atomic E-state index is 0.432. The number of allylic oxidation sites excluding steroid dienone is 1. The lowest BCUT2D eigenvalue weighted by molar-refractivity contribution is -0.136. The number of methoxy groups -OCH3 is 2. The monoisotopic (exact) mass is 336 g/mol. The van der Waals surface area contributed by atoms with E-state index < -0.39 is 12.0 Å². The van der Waals surface area contributed by atoms with Crippen molar-refractivity contribution in [1.29, 1.82) is 0 Å². The van der Waals surface area contributed by atoms with E-state index in [2.05, 4.69) is 10.6 Å². The van der Waals surface area contributed by atoms with Crippen molar-refractivity contribution in [3.8, 4) is 11.5 Å². The first-order chi connectivity index (χ1) is 11.0. The largest absolute Gasteiger partial charge is 0.492 e. The van der Waals surface area contributed by atoms with Gasteiger partial charge in [-0.25, -0.2) is 4.79 Å². The molecule has 0 spiro atoms. The summed E-state index contributed by atoms with van der Waals surface area (Å²) in [5.74, 6) is 0.741. The van der Waals surface area contributed by atoms with Crippen molar-refractivity contribution < 1.29 is 19.0 Å². The first-order valence-electron chi connectivity index (χ1n) is 7.19. The molecule has 0 aromatic heterocycles. The second kappa shape index (κ2) is 7.32. The van der Waals surface area contributed by atoms with E-state index in [0.29, 0.717) is 34.5 Å². The van der Waals surface area contributed by atoms with Crippen LogP contribution in [0.3, 0.4) is 0 Å². The minimum atomic E-state index is -0.480. The first-order valence-corrected chi connectivity index (χ1v) is 7.60. The second-order valence-corrected chi connectivity index (χ2v) is 5.28. The van der Waals surface area contributed by atoms with Crippen molar-refractivity contribution in [3.05, 3.63) is 35.0 Å². The van der Waals surface area contributed by atoms with E-state index in [1.165, 1.54) is 7.11 Å². The number of benzene rings is 1. The molecule has 124 valence electrons. The lowest BCUT2D eigenvalue weighted by Gasteiger charge is -2.30. The maximum absolute atomic E-state index is 12.2. The summed E-state index contributed by atoms with van der Waals surface area (Å²) in [5, 5.41) is 6.48. The van der Waals surface area contributed by atoms with Crippen molar-refractivity contribution >= 4 is 23.3 Å². The molecule has 0 amide bonds. The molecule has 0 saturated carbocycles. The van der Waals surface area contributed by atoms with E-state index in [1.807, 2.05) is 25.1 Å². The van der Waals surface area contributed by atoms with Crippen LogP contribution in [0.4, 0.5) is 0 Å². The normalized spacial score (nSPS) is 17.2. The van der Waals surface area contributed by atoms with Crippen LogP contribution in [0.5, 0.6) is 11.5 Å². The predicted molar refractivity (Wildman–Crippen MR) is 90.5 cm³/mol. The standard InChI is InChI=1S/C16H20N2O4S/c1-5-22-11-8-6-7-10(14(11)20-3)13-12(15(19)21-4)9(2)17-16(23)18-13/h6-8,13H,5H2,1-4H3,(H2,17,18,23)/t13-/m0/s1. The van der Waals surface area contributed by atoms with E-state index in [0.717, 1.165) is 5.56 Å². The van der Waals surface area contributed by atoms with Gasteiger partial charge in [0.2, 0.25) is 0 Å². The van der Waals surface area contributed by atoms with Gasteiger partial charge in [-0.2, -0.15) is 0 Å². The fourth-order valence-electron chi connectivity index (χ4n) is 2.56. The number of rotatable bonds is 5. The number of esters is 1. The summed E-state index contributed by atoms with van der Waals surface area (Å²) in [6, 6.07) is 5.05. The highest BCUT2D eigenvalue weighted by Crippen LogP contribution is 2.39. The Morgan fingerprint density at radius 3 is 2.70 bits per heavy atom. The van der Waals surface area contributed by atoms with Crippen molar-refractivity contribution in [2.75, 3.05) is 20.8 Å². The zero-order valence-corrected chi connectivity index (χ0v) is 14.4. The highest BCUT2D eigenvalue weighted by Gasteiger charge is 2.33. The van der Waals surface area contributed by atoms with Crippen LogP contribution >= 0.6 is 12.2 Å². The molecule has 6 nitrogen and oxygen atoms in total. The third-order valence-electron chi connectivity index (χ3n) is 3.50. The predicted octanol–water partition coefficient (Wildman–Crippen LogP) is 2.06. The molecule has 0 aliphatic carbocycles. The number of thiocarbonyl (C=S) groups is 1. The summed E-state index contributed by atoms with van der Waals surface area (Å²) >= 11 is 5.22. The Morgan fingerprint density at radius 1 is 1.35 bits per heavy atom. The van der Waals surface area contributed by atoms with Crippen LogP contribution in [-0.4, -0.2) is 31.9 Å². The number of hydrogen-bond donors (Lipinski definition) is 2. The molecular weight excluding hydrogens is 316 g/mol. The third kappa shape index (κ3) is 3.39. The number of para-hydroxylation sites is 1. The molecule has 1 aliphatic heterocycles. The Bertz CT molecular complexity index is 657. The van der Waals surface area contributed by atoms with Gasteiger partial charge < -0.3 is 24.8 Å². The van der Waals surface area contributed by atoms with Crippen LogP contribution in [0.1, 0.15) is 25.5 Å². The first kappa shape index (κ1) is 17.1. The molecule has 7 heteroatoms. The summed E-state index contributed by atoms with van der Waals surface area (Å²) in [5.41, 5.74) is 1.85. The summed E-state index contributed by atoms with van der Waals surface area (Å²) in [6.45, 7) is 4.19. The topological polar surface area (TPSA) is 68.8 Å². The van der Waals surface area contributed by atoms with Gasteiger partial charge in [-0.15, -0.1) is 0 Å². The molecule has 0 radical (unpaired) electrons. The van der Waals surface area contributed by atoms with Crippen molar-refractivity contribution in [3.63, 3.8) is 0 Å². The quantitative estimate of drug-likeness (QED) is 0.630. The number of nitrogens with one attached hydrogen (secondary N) is 2. The van der Waals surface area contributed by atoms with Crippen LogP contribution in [0.25, 0.3) is 0 Å². The molecule has 1 heterocycles. The van der Waals surface area contributed by atoms with Gasteiger partial charge in [-0.3, -0.25) is 0 Å². The Morgan fingerprint density at radius 2 is 2.09 bits per heavy atom. The van der Waals surface area contributed by atoms with Gasteiger partial charge in [-0.05, 0) is 32.1 Å². The minimum Gasteiger partial charge on any atom is -0.492 e. The molecule has 0 bridgehead atoms. The molecular formula is C16H20N2O4S. The summed E-state index contributed by atoms with van der Waals surface area (Å²) in [6.07, 6.45) is 0. The maximum atomic E-state index is 12.2. The number of carbonyl (C=O) groups excluding carboxylic acids is 1. The maximum Gasteiger partial charge on any atom is 0.337 e. The van der Waals surface area contributed by atoms with Crippen LogP contribution in [-0.2, 0) is 9.53 Å². The average Bonchev–Trinajstić information content (AvgIpc) is 2.53. The van der Waals surface area contributed by atoms with E-state index in [4.69, 9.17) is 26.4 Å². The molecule has 2 rings (SSSR count). The molecule has 23 heavy (non-hydrogen) atoms. The Hall–Kier alpha value is -2.28. The van der Waals surface area contributed by atoms with Crippen molar-refractivity contribution in [1.82, 2.24) is 10.6 Å². The molecule has 0 fully saturated rings. The second-order valence-electron chi connectivity index (χ2n) is 4.87. The highest BCUT2D eigenvalue weighted by atomic mass is 32.1. The molecule has 1 aromatic rings. The van der Waals surface area contributed by atoms with Crippen LogP contribution < -0.4 is 20.1 Å². The molecule has 0 saturated heterocycles. The SMILES string of the molecule is CCOc1cccc([C@@H]2NC(=S)NC(C)=C2C(=O)OC)c1OC. The van der Waals surface area contributed by atoms with E-state index in [-0.39, 0.29) is 0 Å². The molecule has 2 N–H and O–H groups in total. The fraction of sp³-hybridized carbons (Fsp3) is 0.375. The Kier molecular flexibility index (Phi) is 5.44. The van der Waals surface area contributed by atoms with Gasteiger partial charge in [0.05, 0.1) is 32.4 Å². The van der Waals surface area contributed by atoms with E-state index in [9.17, 15) is 4.79 Å². The highest BCUT2D eigenvalue weighted by molar-refractivity contribution is 7.80. The van der Waals surface area contributed by atoms with Gasteiger partial charge in [0, 0.05) is 11.3 Å². The zero-order valence-electron chi connectivity index (χ0n) is 13.6. The molecule has 1 atom stereocenters. The molecule has 1 aliphatic rings. The Labute approximate surface area is 140 Å². The molecule has 1 aromatic carbocycles. The smallest absolute Gasteiger partial charge is 0.337 e. The van der Waals surface area contributed by atoms with Crippen LogP contribution in [0.2, 0.25) is 0 Å². The zero-order chi connectivity index (χ0) is 17.0. The van der Waals surface area contributed by atoms with Gasteiger partial charge in [0.25, 0.3) is 0 Å². The number of ether oxygens (including phenoxy) is 3. The van der Waals surface area contributed by atoms with Gasteiger partial charge in [0.15, 0.2) is 16.6 Å². The lowest BCUT2D eigenvalue weighted by Crippen LogP contribution is -2.45. The fourth-order valence-corrected chi connectivity index (χ4v) is 2.83. The summed E-state index contributed by atoms with van der Waals surface area (Å²) in [4.78, 5) is 12.2. The van der Waals surface area contributed by atoms with Gasteiger partial charge in [-0.1, -0.05) is 12.1 Å². The number of carbonyl (C=O) groups is 1. The van der Waals surface area contributed by atoms with Crippen LogP contribution in [0, 0.1) is 0 Å². The number of hydrogen-bond acceptors (Lipinski definition) is 5. The lowest BCUT2D eigenvalue weighted by atomic mass is 9.94. The van der Waals surface area contributed by atoms with E-state index in [1.54, 1.807) is 14.0 Å². The van der Waals surface area contributed by atoms with E-state index >= 15 is 0 Å². The molecule has 0 unspecified atom stereocenters. The van der Waals surface area contributed by atoms with Gasteiger partial charge >= 0.3 is 5.97 Å². The van der Waals surface area contributed by atoms with Crippen molar-refractivity contribution in [2.24, 2.45) is 0 Å². The Balaban J connectivity index is 2.58. The third-order valence-corrected chi connectivity index (χ3v) is 3.72. The van der Waals surface area contributed by atoms with Crippen molar-refractivity contribution in [2.45, 2.75) is 19.9 Å². The summed E-state index contributed by atoms with van der Waals surface area (Å²) < 4.78 is 16.0. The van der Waals surface area contributed by atoms with Gasteiger partial charge in [0.1, 0.15) is 0 Å². The average molecular weight is 336 g/mol. The van der Waals surface area contributed by atoms with Crippen LogP contribution in [0.15, 0.2) is 29.5 Å². The summed E-state index contributed by atoms with van der Waals surface area (Å²) in [7, 11) is 2.91.